The molecule has 2 fully saturated rings. The number of carbonyl (C=O) groups is 4. The molecule has 0 aliphatic carbocycles. The Hall–Kier alpha value is -2.89. The molecule has 3 aliphatic heterocycles. The summed E-state index contributed by atoms with van der Waals surface area (Å²) < 4.78 is 0. The molecule has 0 unspecified atom stereocenters. The highest BCUT2D eigenvalue weighted by Crippen LogP contribution is 2.51. The van der Waals surface area contributed by atoms with E-state index in [2.05, 4.69) is 10.6 Å². The van der Waals surface area contributed by atoms with Gasteiger partial charge in [0.25, 0.3) is 0 Å². The molecule has 1 aromatic carbocycles. The van der Waals surface area contributed by atoms with E-state index in [9.17, 15) is 29.4 Å². The van der Waals surface area contributed by atoms with Crippen molar-refractivity contribution in [3.63, 3.8) is 0 Å². The number of aromatic carboxylic acids is 1. The van der Waals surface area contributed by atoms with Crippen LogP contribution in [0.3, 0.4) is 0 Å². The van der Waals surface area contributed by atoms with E-state index in [4.69, 9.17) is 5.11 Å². The average molecular weight is 476 g/mol. The van der Waals surface area contributed by atoms with E-state index in [1.165, 1.54) is 35.7 Å². The lowest BCUT2D eigenvalue weighted by molar-refractivity contribution is -0.163. The van der Waals surface area contributed by atoms with Gasteiger partial charge in [0.1, 0.15) is 5.70 Å². The first-order valence-electron chi connectivity index (χ1n) is 10.6. The van der Waals surface area contributed by atoms with Gasteiger partial charge in [-0.05, 0) is 31.5 Å². The number of carbonyl (C=O) groups excluding carboxylic acids is 2. The number of fused-ring (bicyclic) bond motifs is 1. The van der Waals surface area contributed by atoms with Crippen molar-refractivity contribution >= 4 is 41.2 Å². The third kappa shape index (κ3) is 4.11. The Bertz CT molecular complexity index is 1060. The maximum absolute atomic E-state index is 12.7. The van der Waals surface area contributed by atoms with Crippen LogP contribution in [0.1, 0.15) is 30.6 Å². The molecule has 3 aliphatic rings. The van der Waals surface area contributed by atoms with Gasteiger partial charge in [0.15, 0.2) is 0 Å². The zero-order valence-electron chi connectivity index (χ0n) is 18.0. The molecule has 2 saturated heterocycles. The fourth-order valence-electron chi connectivity index (χ4n) is 4.81. The van der Waals surface area contributed by atoms with Crippen LogP contribution in [-0.2, 0) is 14.4 Å². The molecule has 0 saturated carbocycles. The summed E-state index contributed by atoms with van der Waals surface area (Å²) in [5.41, 5.74) is 0.418. The second kappa shape index (κ2) is 8.81. The molecule has 1 aromatic rings. The number of anilines is 1. The molecule has 3 heterocycles. The van der Waals surface area contributed by atoms with Crippen LogP contribution in [0, 0.1) is 11.8 Å². The number of β-lactam (4-membered cyclic amide) rings is 1. The number of benzene rings is 1. The van der Waals surface area contributed by atoms with Gasteiger partial charge in [0, 0.05) is 28.3 Å². The van der Waals surface area contributed by atoms with E-state index in [-0.39, 0.29) is 40.3 Å². The van der Waals surface area contributed by atoms with E-state index in [0.29, 0.717) is 23.6 Å². The molecule has 6 atom stereocenters. The van der Waals surface area contributed by atoms with E-state index in [1.54, 1.807) is 12.1 Å². The standard InChI is InChI=1S/C22H25N3O7S/c1-9-16-15(10(2)26)20(28)25(16)17(22(31)32)18(9)33-13-7-14(23-8-13)19(27)24-12-5-3-4-11(6-12)21(29)30/h3-6,9-10,13-16,23,26H,7-8H2,1-2H3,(H,24,27)(H,29,30)(H,31,32)/t9-,10+,13+,14+,15-,16-/m0/s1. The number of aliphatic carboxylic acids is 1. The minimum atomic E-state index is -1.18. The molecule has 33 heavy (non-hydrogen) atoms. The van der Waals surface area contributed by atoms with Crippen LogP contribution in [0.15, 0.2) is 34.9 Å². The highest BCUT2D eigenvalue weighted by atomic mass is 32.2. The van der Waals surface area contributed by atoms with E-state index >= 15 is 0 Å². The van der Waals surface area contributed by atoms with Crippen LogP contribution in [-0.4, -0.2) is 74.0 Å². The normalized spacial score (nSPS) is 29.5. The molecule has 0 radical (unpaired) electrons. The van der Waals surface area contributed by atoms with Gasteiger partial charge in [-0.25, -0.2) is 9.59 Å². The number of rotatable bonds is 7. The van der Waals surface area contributed by atoms with Crippen molar-refractivity contribution in [2.75, 3.05) is 11.9 Å². The summed E-state index contributed by atoms with van der Waals surface area (Å²) in [4.78, 5) is 50.1. The molecule has 0 spiro atoms. The Morgan fingerprint density at radius 2 is 1.97 bits per heavy atom. The highest BCUT2D eigenvalue weighted by Gasteiger charge is 2.60. The Morgan fingerprint density at radius 1 is 1.24 bits per heavy atom. The Labute approximate surface area is 194 Å². The number of carboxylic acid groups (broad SMARTS) is 2. The zero-order valence-corrected chi connectivity index (χ0v) is 18.8. The molecule has 5 N–H and O–H groups in total. The maximum atomic E-state index is 12.7. The van der Waals surface area contributed by atoms with E-state index in [0.717, 1.165) is 0 Å². The summed E-state index contributed by atoms with van der Waals surface area (Å²) in [6.45, 7) is 3.87. The van der Waals surface area contributed by atoms with Crippen molar-refractivity contribution in [3.05, 3.63) is 40.4 Å². The fourth-order valence-corrected chi connectivity index (χ4v) is 6.29. The predicted molar refractivity (Wildman–Crippen MR) is 119 cm³/mol. The van der Waals surface area contributed by atoms with Gasteiger partial charge in [-0.2, -0.15) is 0 Å². The lowest BCUT2D eigenvalue weighted by atomic mass is 9.79. The van der Waals surface area contributed by atoms with Crippen LogP contribution >= 0.6 is 11.8 Å². The SMILES string of the molecule is C[C@@H]1C(S[C@H]2CN[C@@H](C(=O)Nc3cccc(C(=O)O)c3)C2)=C(C(=O)O)N2C(=O)[C@@H]([C@@H](C)O)[C@H]12. The lowest BCUT2D eigenvalue weighted by Crippen LogP contribution is -2.63. The minimum absolute atomic E-state index is 0.0298. The summed E-state index contributed by atoms with van der Waals surface area (Å²) in [7, 11) is 0. The first-order chi connectivity index (χ1) is 15.6. The van der Waals surface area contributed by atoms with Crippen molar-refractivity contribution in [2.45, 2.75) is 43.7 Å². The predicted octanol–water partition coefficient (Wildman–Crippen LogP) is 0.941. The van der Waals surface area contributed by atoms with Crippen LogP contribution in [0.2, 0.25) is 0 Å². The van der Waals surface area contributed by atoms with Crippen molar-refractivity contribution in [1.82, 2.24) is 10.2 Å². The molecule has 176 valence electrons. The molecular weight excluding hydrogens is 450 g/mol. The number of hydrogen-bond donors (Lipinski definition) is 5. The number of nitrogens with zero attached hydrogens (tertiary/aromatic N) is 1. The highest BCUT2D eigenvalue weighted by molar-refractivity contribution is 8.03. The van der Waals surface area contributed by atoms with Crippen molar-refractivity contribution in [2.24, 2.45) is 11.8 Å². The van der Waals surface area contributed by atoms with Crippen LogP contribution in [0.4, 0.5) is 5.69 Å². The number of thioether (sulfide) groups is 1. The quantitative estimate of drug-likeness (QED) is 0.362. The van der Waals surface area contributed by atoms with Gasteiger partial charge in [0.2, 0.25) is 11.8 Å². The molecule has 11 heteroatoms. The third-order valence-electron chi connectivity index (χ3n) is 6.39. The van der Waals surface area contributed by atoms with E-state index < -0.39 is 30.0 Å². The van der Waals surface area contributed by atoms with Gasteiger partial charge in [-0.1, -0.05) is 13.0 Å². The number of aliphatic hydroxyl groups is 1. The summed E-state index contributed by atoms with van der Waals surface area (Å²) in [5.74, 6) is -3.79. The fraction of sp³-hybridized carbons (Fsp3) is 0.455. The zero-order chi connectivity index (χ0) is 24.0. The Kier molecular flexibility index (Phi) is 6.21. The van der Waals surface area contributed by atoms with Crippen molar-refractivity contribution in [3.8, 4) is 0 Å². The molecule has 0 bridgehead atoms. The van der Waals surface area contributed by atoms with Gasteiger partial charge in [-0.15, -0.1) is 11.8 Å². The summed E-state index contributed by atoms with van der Waals surface area (Å²) in [6.07, 6.45) is -0.419. The van der Waals surface area contributed by atoms with Gasteiger partial charge >= 0.3 is 11.9 Å². The Morgan fingerprint density at radius 3 is 2.61 bits per heavy atom. The molecule has 10 nitrogen and oxygen atoms in total. The Balaban J connectivity index is 1.43. The minimum Gasteiger partial charge on any atom is -0.478 e. The summed E-state index contributed by atoms with van der Waals surface area (Å²) >= 11 is 1.36. The molecule has 0 aromatic heterocycles. The number of hydrogen-bond acceptors (Lipinski definition) is 7. The van der Waals surface area contributed by atoms with Crippen LogP contribution in [0.5, 0.6) is 0 Å². The number of aliphatic hydroxyl groups excluding tert-OH is 1. The lowest BCUT2D eigenvalue weighted by Gasteiger charge is -2.46. The van der Waals surface area contributed by atoms with Gasteiger partial charge in [-0.3, -0.25) is 9.59 Å². The molecule has 2 amide bonds. The third-order valence-corrected chi connectivity index (χ3v) is 7.90. The van der Waals surface area contributed by atoms with Crippen LogP contribution < -0.4 is 10.6 Å². The topological polar surface area (TPSA) is 156 Å². The van der Waals surface area contributed by atoms with Crippen molar-refractivity contribution < 1.29 is 34.5 Å². The second-order valence-corrected chi connectivity index (χ2v) is 9.93. The smallest absolute Gasteiger partial charge is 0.353 e. The maximum Gasteiger partial charge on any atom is 0.353 e. The number of amides is 2. The van der Waals surface area contributed by atoms with Gasteiger partial charge in [0.05, 0.1) is 29.7 Å². The second-order valence-electron chi connectivity index (χ2n) is 8.58. The summed E-state index contributed by atoms with van der Waals surface area (Å²) in [6, 6.07) is 5.07. The summed E-state index contributed by atoms with van der Waals surface area (Å²) in [5, 5.41) is 34.6. The largest absolute Gasteiger partial charge is 0.478 e. The monoisotopic (exact) mass is 475 g/mol. The van der Waals surface area contributed by atoms with Crippen LogP contribution in [0.25, 0.3) is 0 Å². The first kappa shape index (κ1) is 23.3. The number of carboxylic acids is 2. The van der Waals surface area contributed by atoms with Crippen molar-refractivity contribution in [1.29, 1.82) is 0 Å². The molecular formula is C22H25N3O7S. The first-order valence-corrected chi connectivity index (χ1v) is 11.5. The van der Waals surface area contributed by atoms with E-state index in [1.807, 2.05) is 6.92 Å². The molecule has 4 rings (SSSR count). The number of nitrogens with one attached hydrogen (secondary N) is 2. The van der Waals surface area contributed by atoms with Gasteiger partial charge < -0.3 is 30.9 Å². The average Bonchev–Trinajstić information content (AvgIpc) is 3.30.